The van der Waals surface area contributed by atoms with Gasteiger partial charge in [-0.2, -0.15) is 0 Å². The van der Waals surface area contributed by atoms with Crippen molar-refractivity contribution >= 4 is 46.1 Å². The number of benzene rings is 3. The molecule has 0 unspecified atom stereocenters. The maximum Gasteiger partial charge on any atom is 0.311 e. The molecule has 0 bridgehead atoms. The molecule has 0 fully saturated rings. The molecule has 0 radical (unpaired) electrons. The van der Waals surface area contributed by atoms with Crippen molar-refractivity contribution in [3.63, 3.8) is 0 Å². The maximum absolute atomic E-state index is 13.3. The molecule has 0 saturated heterocycles. The first kappa shape index (κ1) is 26.4. The number of hydrogen-bond acceptors (Lipinski definition) is 6. The van der Waals surface area contributed by atoms with E-state index in [-0.39, 0.29) is 23.1 Å². The van der Waals surface area contributed by atoms with Gasteiger partial charge in [0.2, 0.25) is 5.88 Å². The molecule has 10 heteroatoms. The van der Waals surface area contributed by atoms with Gasteiger partial charge in [-0.25, -0.2) is 0 Å². The third-order valence-corrected chi connectivity index (χ3v) is 5.89. The van der Waals surface area contributed by atoms with E-state index >= 15 is 0 Å². The number of amides is 2. The number of nitrogens with one attached hydrogen (secondary N) is 1. The van der Waals surface area contributed by atoms with Crippen LogP contribution in [-0.2, 0) is 11.3 Å². The van der Waals surface area contributed by atoms with Crippen molar-refractivity contribution in [1.82, 2.24) is 9.88 Å². The molecule has 0 spiro atoms. The van der Waals surface area contributed by atoms with Crippen LogP contribution in [0.15, 0.2) is 88.7 Å². The lowest BCUT2D eigenvalue weighted by Crippen LogP contribution is -2.26. The van der Waals surface area contributed by atoms with Crippen LogP contribution in [0.4, 0.5) is 5.69 Å². The molecule has 2 N–H and O–H groups in total. The van der Waals surface area contributed by atoms with Gasteiger partial charge in [0.25, 0.3) is 5.91 Å². The number of halogens is 1. The second-order valence-corrected chi connectivity index (χ2v) is 8.40. The van der Waals surface area contributed by atoms with E-state index in [0.29, 0.717) is 40.1 Å². The number of alkyl halides is 1. The van der Waals surface area contributed by atoms with Crippen LogP contribution in [0.1, 0.15) is 15.9 Å². The highest BCUT2D eigenvalue weighted by molar-refractivity contribution is 6.17. The van der Waals surface area contributed by atoms with Gasteiger partial charge in [0.05, 0.1) is 19.7 Å². The Morgan fingerprint density at radius 1 is 1.03 bits per heavy atom. The quantitative estimate of drug-likeness (QED) is 0.163. The number of hydrogen-bond donors (Lipinski definition) is 2. The molecule has 0 aliphatic heterocycles. The zero-order valence-electron chi connectivity index (χ0n) is 20.7. The summed E-state index contributed by atoms with van der Waals surface area (Å²) in [5.41, 5.74) is 1.48. The molecule has 9 nitrogen and oxygen atoms in total. The second-order valence-electron chi connectivity index (χ2n) is 8.02. The minimum atomic E-state index is -0.840. The van der Waals surface area contributed by atoms with Gasteiger partial charge in [-0.3, -0.25) is 9.59 Å². The van der Waals surface area contributed by atoms with Crippen LogP contribution in [0.5, 0.6) is 17.4 Å². The van der Waals surface area contributed by atoms with Gasteiger partial charge in [0, 0.05) is 28.9 Å². The average Bonchev–Trinajstić information content (AvgIpc) is 3.22. The Morgan fingerprint density at radius 3 is 2.47 bits per heavy atom. The SMILES string of the molecule is COc1ccc(OC)c(/C=C(/NC(=O)c2ccccc2)C(=O)N=Nc2c(O)n(CCCl)c3ccccc23)c1. The van der Waals surface area contributed by atoms with Gasteiger partial charge in [-0.15, -0.1) is 21.8 Å². The van der Waals surface area contributed by atoms with Crippen LogP contribution < -0.4 is 14.8 Å². The number of para-hydroxylation sites is 1. The Kier molecular flexibility index (Phi) is 8.40. The Hall–Kier alpha value is -4.63. The van der Waals surface area contributed by atoms with Gasteiger partial charge < -0.3 is 24.5 Å². The van der Waals surface area contributed by atoms with Crippen molar-refractivity contribution in [3.05, 3.63) is 89.6 Å². The van der Waals surface area contributed by atoms with Crippen LogP contribution in [0.2, 0.25) is 0 Å². The first-order valence-electron chi connectivity index (χ1n) is 11.6. The first-order valence-corrected chi connectivity index (χ1v) is 12.1. The smallest absolute Gasteiger partial charge is 0.311 e. The highest BCUT2D eigenvalue weighted by Crippen LogP contribution is 2.39. The maximum atomic E-state index is 13.3. The summed E-state index contributed by atoms with van der Waals surface area (Å²) < 4.78 is 12.3. The van der Waals surface area contributed by atoms with Gasteiger partial charge in [-0.1, -0.05) is 36.4 Å². The molecule has 2 amide bonds. The van der Waals surface area contributed by atoms with Crippen molar-refractivity contribution < 1.29 is 24.2 Å². The molecule has 0 aliphatic rings. The summed E-state index contributed by atoms with van der Waals surface area (Å²) >= 11 is 5.90. The summed E-state index contributed by atoms with van der Waals surface area (Å²) in [6, 6.07) is 20.7. The lowest BCUT2D eigenvalue weighted by Gasteiger charge is -2.10. The number of carbonyl (C=O) groups is 2. The third-order valence-electron chi connectivity index (χ3n) is 5.72. The minimum absolute atomic E-state index is 0.117. The largest absolute Gasteiger partial charge is 0.497 e. The molecule has 4 rings (SSSR count). The van der Waals surface area contributed by atoms with E-state index in [4.69, 9.17) is 21.1 Å². The Balaban J connectivity index is 1.75. The van der Waals surface area contributed by atoms with E-state index in [0.717, 1.165) is 0 Å². The van der Waals surface area contributed by atoms with E-state index in [9.17, 15) is 14.7 Å². The third kappa shape index (κ3) is 5.68. The van der Waals surface area contributed by atoms with E-state index < -0.39 is 11.8 Å². The molecule has 194 valence electrons. The molecular formula is C28H25ClN4O5. The number of rotatable bonds is 9. The molecule has 4 aromatic rings. The number of aryl methyl sites for hydroxylation is 1. The number of azo groups is 1. The molecule has 0 aliphatic carbocycles. The molecule has 0 atom stereocenters. The Labute approximate surface area is 224 Å². The van der Waals surface area contributed by atoms with Crippen molar-refractivity contribution in [3.8, 4) is 17.4 Å². The molecule has 38 heavy (non-hydrogen) atoms. The van der Waals surface area contributed by atoms with E-state index in [1.807, 2.05) is 12.1 Å². The normalized spacial score (nSPS) is 11.6. The number of aromatic hydroxyl groups is 1. The average molecular weight is 533 g/mol. The molecular weight excluding hydrogens is 508 g/mol. The van der Waals surface area contributed by atoms with Crippen LogP contribution in [0.3, 0.4) is 0 Å². The highest BCUT2D eigenvalue weighted by atomic mass is 35.5. The monoisotopic (exact) mass is 532 g/mol. The topological polar surface area (TPSA) is 115 Å². The lowest BCUT2D eigenvalue weighted by molar-refractivity contribution is -0.115. The number of fused-ring (bicyclic) bond motifs is 1. The summed E-state index contributed by atoms with van der Waals surface area (Å²) in [5, 5.41) is 21.9. The van der Waals surface area contributed by atoms with Crippen LogP contribution in [0.25, 0.3) is 17.0 Å². The molecule has 3 aromatic carbocycles. The summed E-state index contributed by atoms with van der Waals surface area (Å²) in [5.74, 6) is -0.281. The number of methoxy groups -OCH3 is 2. The van der Waals surface area contributed by atoms with E-state index in [1.165, 1.54) is 20.3 Å². The van der Waals surface area contributed by atoms with Gasteiger partial charge in [-0.05, 0) is 42.5 Å². The standard InChI is InChI=1S/C28H25ClN4O5/c1-37-20-12-13-24(38-2)19(16-20)17-22(30-26(34)18-8-4-3-5-9-18)27(35)32-31-25-21-10-6-7-11-23(21)33(15-14-29)28(25)36/h3-13,16-17,36H,14-15H2,1-2H3,(H,30,34)/b22-17+,32-31?. The zero-order valence-corrected chi connectivity index (χ0v) is 21.5. The number of nitrogens with zero attached hydrogens (tertiary/aromatic N) is 3. The fraction of sp³-hybridized carbons (Fsp3) is 0.143. The fourth-order valence-electron chi connectivity index (χ4n) is 3.87. The Morgan fingerprint density at radius 2 is 1.76 bits per heavy atom. The van der Waals surface area contributed by atoms with Crippen molar-refractivity contribution in [2.75, 3.05) is 20.1 Å². The molecule has 1 aromatic heterocycles. The predicted octanol–water partition coefficient (Wildman–Crippen LogP) is 5.68. The van der Waals surface area contributed by atoms with Gasteiger partial charge in [0.1, 0.15) is 17.2 Å². The zero-order chi connectivity index (χ0) is 27.1. The summed E-state index contributed by atoms with van der Waals surface area (Å²) in [6.07, 6.45) is 1.43. The minimum Gasteiger partial charge on any atom is -0.497 e. The van der Waals surface area contributed by atoms with Gasteiger partial charge >= 0.3 is 5.91 Å². The second kappa shape index (κ2) is 12.1. The van der Waals surface area contributed by atoms with Crippen molar-refractivity contribution in [2.24, 2.45) is 10.2 Å². The first-order chi connectivity index (χ1) is 18.5. The van der Waals surface area contributed by atoms with Crippen molar-refractivity contribution in [2.45, 2.75) is 6.54 Å². The van der Waals surface area contributed by atoms with E-state index in [1.54, 1.807) is 65.2 Å². The van der Waals surface area contributed by atoms with Crippen LogP contribution in [0, 0.1) is 0 Å². The number of ether oxygens (including phenoxy) is 2. The summed E-state index contributed by atoms with van der Waals surface area (Å²) in [7, 11) is 3.00. The van der Waals surface area contributed by atoms with E-state index in [2.05, 4.69) is 15.5 Å². The fourth-order valence-corrected chi connectivity index (χ4v) is 4.04. The van der Waals surface area contributed by atoms with Gasteiger partial charge in [0.15, 0.2) is 5.69 Å². The Bertz CT molecular complexity index is 1530. The van der Waals surface area contributed by atoms with Crippen LogP contribution in [-0.4, -0.2) is 41.6 Å². The summed E-state index contributed by atoms with van der Waals surface area (Å²) in [6.45, 7) is 0.339. The number of aromatic nitrogens is 1. The molecule has 1 heterocycles. The van der Waals surface area contributed by atoms with Crippen molar-refractivity contribution in [1.29, 1.82) is 0 Å². The highest BCUT2D eigenvalue weighted by Gasteiger charge is 2.19. The number of carbonyl (C=O) groups excluding carboxylic acids is 2. The molecule has 0 saturated carbocycles. The lowest BCUT2D eigenvalue weighted by atomic mass is 10.1. The predicted molar refractivity (Wildman–Crippen MR) is 145 cm³/mol. The summed E-state index contributed by atoms with van der Waals surface area (Å²) in [4.78, 5) is 26.2. The van der Waals surface area contributed by atoms with Crippen LogP contribution >= 0.6 is 11.6 Å².